The van der Waals surface area contributed by atoms with Gasteiger partial charge in [0.05, 0.1) is 0 Å². The number of carbonyl (C=O) groups excluding carboxylic acids is 1. The molecule has 0 fully saturated rings. The van der Waals surface area contributed by atoms with Crippen LogP contribution in [0.2, 0.25) is 13.3 Å². The zero-order valence-corrected chi connectivity index (χ0v) is 21.9. The van der Waals surface area contributed by atoms with Crippen molar-refractivity contribution >= 4 is 29.7 Å². The summed E-state index contributed by atoms with van der Waals surface area (Å²) < 4.78 is 11.2. The molecule has 3 rings (SSSR count). The molecule has 1 aliphatic rings. The molecule has 30 heavy (non-hydrogen) atoms. The SMILES string of the molecule is CCC[CH2][Sn]([CH2]CCC)([CH2]CCC)[C]1=C(c2ccccc2)C(c2ccco2)CC1=O. The minimum absolute atomic E-state index is 0.0888. The van der Waals surface area contributed by atoms with Crippen molar-refractivity contribution in [3.63, 3.8) is 0 Å². The molecular formula is C27H38O2Sn. The minimum atomic E-state index is -2.87. The van der Waals surface area contributed by atoms with Crippen molar-refractivity contribution in [2.45, 2.75) is 84.9 Å². The van der Waals surface area contributed by atoms with Crippen molar-refractivity contribution in [3.8, 4) is 0 Å². The van der Waals surface area contributed by atoms with Gasteiger partial charge in [0.25, 0.3) is 0 Å². The monoisotopic (exact) mass is 514 g/mol. The van der Waals surface area contributed by atoms with E-state index in [0.29, 0.717) is 12.2 Å². The van der Waals surface area contributed by atoms with Crippen LogP contribution in [0.3, 0.4) is 0 Å². The Morgan fingerprint density at radius 2 is 1.47 bits per heavy atom. The standard InChI is InChI=1S/C15H11O2.3C4H9.Sn/c16-12-9-13(11-5-2-1-3-6-11)14(10-12)15-7-4-8-17-15;3*1-3-4-2;/h1-8,14H,10H2;3*1,3-4H2,2H3;. The summed E-state index contributed by atoms with van der Waals surface area (Å²) in [5.74, 6) is 1.49. The Morgan fingerprint density at radius 1 is 0.867 bits per heavy atom. The van der Waals surface area contributed by atoms with Gasteiger partial charge in [0.15, 0.2) is 0 Å². The summed E-state index contributed by atoms with van der Waals surface area (Å²) in [7, 11) is 0. The first-order chi connectivity index (χ1) is 14.7. The van der Waals surface area contributed by atoms with Crippen LogP contribution in [0, 0.1) is 0 Å². The predicted octanol–water partition coefficient (Wildman–Crippen LogP) is 8.18. The van der Waals surface area contributed by atoms with Crippen LogP contribution >= 0.6 is 0 Å². The van der Waals surface area contributed by atoms with Crippen molar-refractivity contribution in [3.05, 3.63) is 63.6 Å². The number of allylic oxidation sites excluding steroid dienone is 2. The van der Waals surface area contributed by atoms with Crippen LogP contribution in [0.5, 0.6) is 0 Å². The van der Waals surface area contributed by atoms with E-state index in [-0.39, 0.29) is 5.92 Å². The van der Waals surface area contributed by atoms with Gasteiger partial charge in [0.2, 0.25) is 0 Å². The van der Waals surface area contributed by atoms with Gasteiger partial charge in [-0.15, -0.1) is 0 Å². The third kappa shape index (κ3) is 5.12. The van der Waals surface area contributed by atoms with E-state index in [9.17, 15) is 4.79 Å². The number of furan rings is 1. The Morgan fingerprint density at radius 3 is 1.97 bits per heavy atom. The number of unbranched alkanes of at least 4 members (excludes halogenated alkanes) is 3. The van der Waals surface area contributed by atoms with Gasteiger partial charge < -0.3 is 0 Å². The first-order valence-electron chi connectivity index (χ1n) is 12.0. The summed E-state index contributed by atoms with van der Waals surface area (Å²) in [5, 5.41) is 0. The maximum absolute atomic E-state index is 13.8. The average Bonchev–Trinajstić information content (AvgIpc) is 3.42. The topological polar surface area (TPSA) is 30.2 Å². The van der Waals surface area contributed by atoms with E-state index >= 15 is 0 Å². The van der Waals surface area contributed by atoms with Crippen LogP contribution in [0.4, 0.5) is 0 Å². The quantitative estimate of drug-likeness (QED) is 0.268. The normalized spacial score (nSPS) is 17.2. The number of rotatable bonds is 12. The Bertz CT molecular complexity index is 798. The predicted molar refractivity (Wildman–Crippen MR) is 129 cm³/mol. The fraction of sp³-hybridized carbons (Fsp3) is 0.519. The summed E-state index contributed by atoms with van der Waals surface area (Å²) in [6.07, 6.45) is 9.83. The van der Waals surface area contributed by atoms with Crippen molar-refractivity contribution in [1.29, 1.82) is 0 Å². The summed E-state index contributed by atoms with van der Waals surface area (Å²) in [5.41, 5.74) is 2.57. The fourth-order valence-corrected chi connectivity index (χ4v) is 22.9. The van der Waals surface area contributed by atoms with Crippen molar-refractivity contribution in [2.24, 2.45) is 0 Å². The third-order valence-electron chi connectivity index (χ3n) is 6.81. The molecule has 0 amide bonds. The van der Waals surface area contributed by atoms with Gasteiger partial charge in [0.1, 0.15) is 0 Å². The number of benzene rings is 1. The molecule has 0 N–H and O–H groups in total. The molecule has 0 saturated heterocycles. The second kappa shape index (κ2) is 11.4. The van der Waals surface area contributed by atoms with Gasteiger partial charge in [-0.25, -0.2) is 0 Å². The van der Waals surface area contributed by atoms with Crippen LogP contribution in [0.1, 0.15) is 83.0 Å². The van der Waals surface area contributed by atoms with E-state index in [1.807, 2.05) is 6.07 Å². The van der Waals surface area contributed by atoms with Crippen molar-refractivity contribution < 1.29 is 9.21 Å². The Kier molecular flexibility index (Phi) is 8.85. The third-order valence-corrected chi connectivity index (χ3v) is 22.6. The van der Waals surface area contributed by atoms with Gasteiger partial charge >= 0.3 is 188 Å². The summed E-state index contributed by atoms with van der Waals surface area (Å²) >= 11 is -2.87. The zero-order valence-electron chi connectivity index (χ0n) is 19.1. The van der Waals surface area contributed by atoms with E-state index in [2.05, 4.69) is 57.2 Å². The molecule has 1 atom stereocenters. The maximum atomic E-state index is 13.8. The molecule has 0 saturated carbocycles. The Hall–Kier alpha value is -1.29. The molecule has 0 bridgehead atoms. The van der Waals surface area contributed by atoms with Crippen LogP contribution in [0.15, 0.2) is 56.7 Å². The van der Waals surface area contributed by atoms with Gasteiger partial charge in [-0.2, -0.15) is 0 Å². The first kappa shape index (κ1) is 23.4. The zero-order chi connectivity index (χ0) is 21.4. The molecule has 1 heterocycles. The molecule has 1 aliphatic carbocycles. The molecular weight excluding hydrogens is 475 g/mol. The second-order valence-corrected chi connectivity index (χ2v) is 22.0. The summed E-state index contributed by atoms with van der Waals surface area (Å²) in [4.78, 5) is 13.8. The molecule has 0 aliphatic heterocycles. The van der Waals surface area contributed by atoms with E-state index < -0.39 is 18.4 Å². The van der Waals surface area contributed by atoms with Crippen LogP contribution in [0.25, 0.3) is 5.57 Å². The second-order valence-electron chi connectivity index (χ2n) is 8.94. The molecule has 2 aromatic rings. The van der Waals surface area contributed by atoms with E-state index in [1.165, 1.54) is 66.6 Å². The van der Waals surface area contributed by atoms with E-state index in [4.69, 9.17) is 4.42 Å². The molecule has 1 unspecified atom stereocenters. The number of hydrogen-bond donors (Lipinski definition) is 0. The molecule has 162 valence electrons. The molecule has 1 aromatic heterocycles. The number of Topliss-reactive ketones (excluding diaryl/α,β-unsaturated/α-hetero) is 1. The van der Waals surface area contributed by atoms with E-state index in [0.717, 1.165) is 5.76 Å². The molecule has 3 heteroatoms. The molecule has 0 spiro atoms. The van der Waals surface area contributed by atoms with Crippen molar-refractivity contribution in [2.75, 3.05) is 0 Å². The number of ketones is 1. The number of carbonyl (C=O) groups is 1. The van der Waals surface area contributed by atoms with Gasteiger partial charge in [-0.1, -0.05) is 0 Å². The first-order valence-corrected chi connectivity index (χ1v) is 19.5. The van der Waals surface area contributed by atoms with Crippen LogP contribution in [-0.2, 0) is 4.79 Å². The summed E-state index contributed by atoms with van der Waals surface area (Å²) in [6, 6.07) is 14.7. The summed E-state index contributed by atoms with van der Waals surface area (Å²) in [6.45, 7) is 6.89. The Balaban J connectivity index is 2.20. The molecule has 0 radical (unpaired) electrons. The van der Waals surface area contributed by atoms with Crippen molar-refractivity contribution in [1.82, 2.24) is 0 Å². The van der Waals surface area contributed by atoms with Crippen LogP contribution < -0.4 is 0 Å². The molecule has 1 aromatic carbocycles. The van der Waals surface area contributed by atoms with Gasteiger partial charge in [0, 0.05) is 0 Å². The van der Waals surface area contributed by atoms with Gasteiger partial charge in [-0.05, 0) is 0 Å². The van der Waals surface area contributed by atoms with Crippen LogP contribution in [-0.4, -0.2) is 24.2 Å². The average molecular weight is 513 g/mol. The fourth-order valence-electron chi connectivity index (χ4n) is 5.29. The van der Waals surface area contributed by atoms with E-state index in [1.54, 1.807) is 6.26 Å². The number of hydrogen-bond acceptors (Lipinski definition) is 2. The Labute approximate surface area is 187 Å². The molecule has 2 nitrogen and oxygen atoms in total. The van der Waals surface area contributed by atoms with Gasteiger partial charge in [-0.3, -0.25) is 0 Å².